The van der Waals surface area contributed by atoms with Crippen LogP contribution in [0.3, 0.4) is 0 Å². The highest BCUT2D eigenvalue weighted by molar-refractivity contribution is 5.18. The van der Waals surface area contributed by atoms with Crippen LogP contribution in [-0.2, 0) is 0 Å². The number of benzene rings is 1. The van der Waals surface area contributed by atoms with Gasteiger partial charge in [-0.05, 0) is 38.0 Å². The maximum Gasteiger partial charge on any atom is 0.00174 e. The van der Waals surface area contributed by atoms with Gasteiger partial charge in [-0.2, -0.15) is 0 Å². The van der Waals surface area contributed by atoms with Crippen molar-refractivity contribution in [2.24, 2.45) is 0 Å². The van der Waals surface area contributed by atoms with Crippen molar-refractivity contribution in [2.45, 2.75) is 19.3 Å². The van der Waals surface area contributed by atoms with Gasteiger partial charge in [0.15, 0.2) is 0 Å². The van der Waals surface area contributed by atoms with Gasteiger partial charge in [-0.3, -0.25) is 0 Å². The van der Waals surface area contributed by atoms with Crippen molar-refractivity contribution in [3.05, 3.63) is 35.9 Å². The van der Waals surface area contributed by atoms with E-state index in [1.54, 1.807) is 0 Å². The highest BCUT2D eigenvalue weighted by Crippen LogP contribution is 2.12. The number of hydrogen-bond acceptors (Lipinski definition) is 2. The Balaban J connectivity index is 2.16. The molecule has 1 rings (SSSR count). The molecule has 15 heavy (non-hydrogen) atoms. The fourth-order valence-electron chi connectivity index (χ4n) is 1.61. The molecule has 84 valence electrons. The van der Waals surface area contributed by atoms with Crippen molar-refractivity contribution in [1.82, 2.24) is 10.6 Å². The molecule has 0 saturated heterocycles. The molecule has 0 aliphatic carbocycles. The summed E-state index contributed by atoms with van der Waals surface area (Å²) in [5.74, 6) is 0.598. The zero-order valence-electron chi connectivity index (χ0n) is 9.79. The summed E-state index contributed by atoms with van der Waals surface area (Å²) < 4.78 is 0. The number of rotatable bonds is 7. The van der Waals surface area contributed by atoms with E-state index in [1.807, 2.05) is 7.05 Å². The molecular weight excluding hydrogens is 184 g/mol. The Bertz CT molecular complexity index is 246. The lowest BCUT2D eigenvalue weighted by Gasteiger charge is -2.12. The first-order valence-corrected chi connectivity index (χ1v) is 5.75. The van der Waals surface area contributed by atoms with E-state index in [9.17, 15) is 0 Å². The standard InChI is InChI=1S/C13H22N2/c1-12(11-15-10-6-9-14-2)13-7-4-3-5-8-13/h3-5,7-8,12,14-15H,6,9-11H2,1-2H3. The van der Waals surface area contributed by atoms with Crippen LogP contribution in [0.2, 0.25) is 0 Å². The third-order valence-corrected chi connectivity index (χ3v) is 2.60. The van der Waals surface area contributed by atoms with Crippen molar-refractivity contribution >= 4 is 0 Å². The summed E-state index contributed by atoms with van der Waals surface area (Å²) >= 11 is 0. The van der Waals surface area contributed by atoms with Gasteiger partial charge in [0.1, 0.15) is 0 Å². The van der Waals surface area contributed by atoms with Crippen LogP contribution >= 0.6 is 0 Å². The van der Waals surface area contributed by atoms with E-state index < -0.39 is 0 Å². The quantitative estimate of drug-likeness (QED) is 0.667. The van der Waals surface area contributed by atoms with Crippen molar-refractivity contribution in [1.29, 1.82) is 0 Å². The van der Waals surface area contributed by atoms with Crippen LogP contribution in [0.1, 0.15) is 24.8 Å². The van der Waals surface area contributed by atoms with Gasteiger partial charge in [-0.25, -0.2) is 0 Å². The normalized spacial score (nSPS) is 12.7. The summed E-state index contributed by atoms with van der Waals surface area (Å²) in [6.07, 6.45) is 1.19. The van der Waals surface area contributed by atoms with Gasteiger partial charge in [-0.15, -0.1) is 0 Å². The van der Waals surface area contributed by atoms with Crippen LogP contribution in [0.25, 0.3) is 0 Å². The second-order valence-corrected chi connectivity index (χ2v) is 3.97. The van der Waals surface area contributed by atoms with Gasteiger partial charge < -0.3 is 10.6 Å². The van der Waals surface area contributed by atoms with Gasteiger partial charge in [-0.1, -0.05) is 37.3 Å². The van der Waals surface area contributed by atoms with E-state index in [-0.39, 0.29) is 0 Å². The maximum absolute atomic E-state index is 3.48. The molecule has 0 saturated carbocycles. The molecule has 0 aliphatic rings. The predicted molar refractivity (Wildman–Crippen MR) is 66.3 cm³/mol. The molecule has 1 aromatic carbocycles. The minimum Gasteiger partial charge on any atom is -0.320 e. The molecular formula is C13H22N2. The molecule has 0 spiro atoms. The Kier molecular flexibility index (Phi) is 6.05. The molecule has 0 heterocycles. The fourth-order valence-corrected chi connectivity index (χ4v) is 1.61. The third-order valence-electron chi connectivity index (χ3n) is 2.60. The largest absolute Gasteiger partial charge is 0.320 e. The number of nitrogens with one attached hydrogen (secondary N) is 2. The Morgan fingerprint density at radius 1 is 1.13 bits per heavy atom. The smallest absolute Gasteiger partial charge is 0.00174 e. The Morgan fingerprint density at radius 3 is 2.53 bits per heavy atom. The molecule has 2 N–H and O–H groups in total. The van der Waals surface area contributed by atoms with Gasteiger partial charge in [0.25, 0.3) is 0 Å². The van der Waals surface area contributed by atoms with E-state index in [2.05, 4.69) is 47.9 Å². The molecule has 1 aromatic rings. The van der Waals surface area contributed by atoms with E-state index in [1.165, 1.54) is 12.0 Å². The highest BCUT2D eigenvalue weighted by atomic mass is 14.9. The highest BCUT2D eigenvalue weighted by Gasteiger charge is 2.02. The zero-order valence-corrected chi connectivity index (χ0v) is 9.79. The molecule has 0 aliphatic heterocycles. The second kappa shape index (κ2) is 7.43. The van der Waals surface area contributed by atoms with Gasteiger partial charge in [0.05, 0.1) is 0 Å². The summed E-state index contributed by atoms with van der Waals surface area (Å²) in [5, 5.41) is 6.63. The Hall–Kier alpha value is -0.860. The summed E-state index contributed by atoms with van der Waals surface area (Å²) in [7, 11) is 1.99. The van der Waals surface area contributed by atoms with Crippen LogP contribution in [0.5, 0.6) is 0 Å². The summed E-state index contributed by atoms with van der Waals surface area (Å²) in [6.45, 7) is 5.51. The molecule has 1 atom stereocenters. The van der Waals surface area contributed by atoms with Gasteiger partial charge >= 0.3 is 0 Å². The predicted octanol–water partition coefficient (Wildman–Crippen LogP) is 1.99. The maximum atomic E-state index is 3.48. The molecule has 0 fully saturated rings. The summed E-state index contributed by atoms with van der Waals surface area (Å²) in [4.78, 5) is 0. The van der Waals surface area contributed by atoms with Crippen LogP contribution in [0.15, 0.2) is 30.3 Å². The molecule has 0 amide bonds. The van der Waals surface area contributed by atoms with Crippen LogP contribution in [0, 0.1) is 0 Å². The first kappa shape index (κ1) is 12.2. The lowest BCUT2D eigenvalue weighted by molar-refractivity contribution is 0.584. The summed E-state index contributed by atoms with van der Waals surface area (Å²) in [5.41, 5.74) is 1.42. The Labute approximate surface area is 93.1 Å². The molecule has 2 nitrogen and oxygen atoms in total. The summed E-state index contributed by atoms with van der Waals surface area (Å²) in [6, 6.07) is 10.7. The fraction of sp³-hybridized carbons (Fsp3) is 0.538. The topological polar surface area (TPSA) is 24.1 Å². The lowest BCUT2D eigenvalue weighted by atomic mass is 10.0. The van der Waals surface area contributed by atoms with E-state index >= 15 is 0 Å². The van der Waals surface area contributed by atoms with Gasteiger partial charge in [0.2, 0.25) is 0 Å². The lowest BCUT2D eigenvalue weighted by Crippen LogP contribution is -2.23. The van der Waals surface area contributed by atoms with Gasteiger partial charge in [0, 0.05) is 6.54 Å². The Morgan fingerprint density at radius 2 is 1.87 bits per heavy atom. The average Bonchev–Trinajstić information content (AvgIpc) is 2.30. The number of hydrogen-bond donors (Lipinski definition) is 2. The zero-order chi connectivity index (χ0) is 10.9. The van der Waals surface area contributed by atoms with Crippen molar-refractivity contribution in [3.63, 3.8) is 0 Å². The SMILES string of the molecule is CNCCCNCC(C)c1ccccc1. The first-order chi connectivity index (χ1) is 7.34. The van der Waals surface area contributed by atoms with Crippen LogP contribution < -0.4 is 10.6 Å². The molecule has 0 aromatic heterocycles. The first-order valence-electron chi connectivity index (χ1n) is 5.75. The molecule has 0 bridgehead atoms. The van der Waals surface area contributed by atoms with E-state index in [4.69, 9.17) is 0 Å². The van der Waals surface area contributed by atoms with Crippen LogP contribution in [-0.4, -0.2) is 26.7 Å². The minimum absolute atomic E-state index is 0.598. The van der Waals surface area contributed by atoms with E-state index in [0.717, 1.165) is 19.6 Å². The van der Waals surface area contributed by atoms with Crippen molar-refractivity contribution in [2.75, 3.05) is 26.7 Å². The van der Waals surface area contributed by atoms with Crippen molar-refractivity contribution in [3.8, 4) is 0 Å². The monoisotopic (exact) mass is 206 g/mol. The molecule has 0 radical (unpaired) electrons. The molecule has 1 unspecified atom stereocenters. The average molecular weight is 206 g/mol. The van der Waals surface area contributed by atoms with E-state index in [0.29, 0.717) is 5.92 Å². The minimum atomic E-state index is 0.598. The van der Waals surface area contributed by atoms with Crippen molar-refractivity contribution < 1.29 is 0 Å². The third kappa shape index (κ3) is 4.96. The molecule has 2 heteroatoms. The second-order valence-electron chi connectivity index (χ2n) is 3.97. The van der Waals surface area contributed by atoms with Crippen LogP contribution in [0.4, 0.5) is 0 Å².